The Morgan fingerprint density at radius 3 is 2.21 bits per heavy atom. The highest BCUT2D eigenvalue weighted by Gasteiger charge is 2.16. The minimum Gasteiger partial charge on any atom is -0.506 e. The average molecular weight is 400 g/mol. The summed E-state index contributed by atoms with van der Waals surface area (Å²) in [5.41, 5.74) is 0.317. The SMILES string of the molecule is O=C(O)c1cc(N=Nc2ccc(S(=O)(=O)CCO)cc2)c2ccccc2c1O. The van der Waals surface area contributed by atoms with E-state index in [-0.39, 0.29) is 27.6 Å². The van der Waals surface area contributed by atoms with Crippen LogP contribution in [-0.4, -0.2) is 42.1 Å². The smallest absolute Gasteiger partial charge is 0.339 e. The molecular weight excluding hydrogens is 384 g/mol. The molecule has 0 aliphatic carbocycles. The van der Waals surface area contributed by atoms with Crippen LogP contribution in [-0.2, 0) is 9.84 Å². The van der Waals surface area contributed by atoms with Crippen molar-refractivity contribution in [3.05, 3.63) is 60.2 Å². The summed E-state index contributed by atoms with van der Waals surface area (Å²) in [4.78, 5) is 11.4. The number of carboxylic acids is 1. The van der Waals surface area contributed by atoms with E-state index in [4.69, 9.17) is 5.11 Å². The molecule has 3 aromatic rings. The molecule has 0 heterocycles. The van der Waals surface area contributed by atoms with Crippen LogP contribution in [0.1, 0.15) is 10.4 Å². The first-order chi connectivity index (χ1) is 13.3. The molecule has 0 aliphatic rings. The Labute approximate surface area is 160 Å². The third kappa shape index (κ3) is 3.85. The quantitative estimate of drug-likeness (QED) is 0.542. The number of hydrogen-bond acceptors (Lipinski definition) is 7. The molecule has 3 N–H and O–H groups in total. The number of aliphatic hydroxyl groups excluding tert-OH is 1. The third-order valence-corrected chi connectivity index (χ3v) is 5.76. The summed E-state index contributed by atoms with van der Waals surface area (Å²) < 4.78 is 23.8. The van der Waals surface area contributed by atoms with Crippen LogP contribution in [0.4, 0.5) is 11.4 Å². The second-order valence-electron chi connectivity index (χ2n) is 5.88. The van der Waals surface area contributed by atoms with Crippen molar-refractivity contribution in [2.45, 2.75) is 4.90 Å². The molecule has 0 spiro atoms. The number of hydrogen-bond donors (Lipinski definition) is 3. The van der Waals surface area contributed by atoms with Crippen molar-refractivity contribution in [2.24, 2.45) is 10.2 Å². The number of rotatable bonds is 6. The van der Waals surface area contributed by atoms with Gasteiger partial charge in [-0.2, -0.15) is 5.11 Å². The molecule has 3 aromatic carbocycles. The number of carbonyl (C=O) groups is 1. The molecule has 0 saturated heterocycles. The highest BCUT2D eigenvalue weighted by atomic mass is 32.2. The summed E-state index contributed by atoms with van der Waals surface area (Å²) in [6, 6.07) is 13.5. The molecular formula is C19H16N2O6S. The van der Waals surface area contributed by atoms with Gasteiger partial charge in [0, 0.05) is 10.8 Å². The number of fused-ring (bicyclic) bond motifs is 1. The van der Waals surface area contributed by atoms with Gasteiger partial charge >= 0.3 is 5.97 Å². The van der Waals surface area contributed by atoms with E-state index in [1.54, 1.807) is 24.3 Å². The molecule has 0 fully saturated rings. The van der Waals surface area contributed by atoms with Gasteiger partial charge in [0.25, 0.3) is 0 Å². The fourth-order valence-electron chi connectivity index (χ4n) is 2.66. The van der Waals surface area contributed by atoms with Gasteiger partial charge in [-0.15, -0.1) is 5.11 Å². The zero-order chi connectivity index (χ0) is 20.3. The molecule has 144 valence electrons. The Bertz CT molecular complexity index is 1170. The lowest BCUT2D eigenvalue weighted by atomic mass is 10.0. The Balaban J connectivity index is 2.00. The van der Waals surface area contributed by atoms with Crippen LogP contribution in [0.25, 0.3) is 10.8 Å². The Hall–Kier alpha value is -3.30. The molecule has 3 rings (SSSR count). The first kappa shape index (κ1) is 19.5. The zero-order valence-electron chi connectivity index (χ0n) is 14.5. The Kier molecular flexibility index (Phi) is 5.39. The van der Waals surface area contributed by atoms with Crippen LogP contribution in [0.15, 0.2) is 69.7 Å². The van der Waals surface area contributed by atoms with Crippen LogP contribution < -0.4 is 0 Å². The number of nitrogens with zero attached hydrogens (tertiary/aromatic N) is 2. The molecule has 28 heavy (non-hydrogen) atoms. The van der Waals surface area contributed by atoms with Crippen molar-refractivity contribution in [1.29, 1.82) is 0 Å². The maximum absolute atomic E-state index is 11.9. The lowest BCUT2D eigenvalue weighted by molar-refractivity contribution is 0.0694. The maximum Gasteiger partial charge on any atom is 0.339 e. The van der Waals surface area contributed by atoms with E-state index < -0.39 is 22.4 Å². The van der Waals surface area contributed by atoms with Crippen LogP contribution in [0, 0.1) is 0 Å². The van der Waals surface area contributed by atoms with E-state index in [2.05, 4.69) is 10.2 Å². The lowest BCUT2D eigenvalue weighted by Gasteiger charge is -2.07. The number of aromatic hydroxyl groups is 1. The van der Waals surface area contributed by atoms with E-state index in [9.17, 15) is 23.4 Å². The molecule has 0 aromatic heterocycles. The van der Waals surface area contributed by atoms with E-state index >= 15 is 0 Å². The Morgan fingerprint density at radius 2 is 1.61 bits per heavy atom. The molecule has 0 unspecified atom stereocenters. The van der Waals surface area contributed by atoms with Gasteiger partial charge in [-0.3, -0.25) is 0 Å². The van der Waals surface area contributed by atoms with Gasteiger partial charge in [0.1, 0.15) is 11.3 Å². The van der Waals surface area contributed by atoms with Crippen LogP contribution in [0.2, 0.25) is 0 Å². The number of benzene rings is 3. The predicted octanol–water partition coefficient (Wildman–Crippen LogP) is 3.43. The van der Waals surface area contributed by atoms with E-state index in [1.807, 2.05) is 0 Å². The highest BCUT2D eigenvalue weighted by Crippen LogP contribution is 2.36. The molecule has 0 aliphatic heterocycles. The summed E-state index contributed by atoms with van der Waals surface area (Å²) in [7, 11) is -3.56. The number of aliphatic hydroxyl groups is 1. The Morgan fingerprint density at radius 1 is 0.964 bits per heavy atom. The topological polar surface area (TPSA) is 137 Å². The van der Waals surface area contributed by atoms with E-state index in [1.165, 1.54) is 30.3 Å². The molecule has 0 atom stereocenters. The number of azo groups is 1. The lowest BCUT2D eigenvalue weighted by Crippen LogP contribution is -2.09. The van der Waals surface area contributed by atoms with Crippen LogP contribution in [0.5, 0.6) is 5.75 Å². The summed E-state index contributed by atoms with van der Waals surface area (Å²) in [5.74, 6) is -2.01. The number of sulfone groups is 1. The van der Waals surface area contributed by atoms with Crippen molar-refractivity contribution < 1.29 is 28.5 Å². The van der Waals surface area contributed by atoms with Crippen molar-refractivity contribution in [3.8, 4) is 5.75 Å². The predicted molar refractivity (Wildman–Crippen MR) is 102 cm³/mol. The highest BCUT2D eigenvalue weighted by molar-refractivity contribution is 7.91. The molecule has 0 radical (unpaired) electrons. The van der Waals surface area contributed by atoms with E-state index in [0.717, 1.165) is 0 Å². The van der Waals surface area contributed by atoms with Gasteiger partial charge in [-0.25, -0.2) is 13.2 Å². The second kappa shape index (κ2) is 7.75. The van der Waals surface area contributed by atoms with Crippen LogP contribution >= 0.6 is 0 Å². The van der Waals surface area contributed by atoms with Crippen molar-refractivity contribution in [3.63, 3.8) is 0 Å². The molecule has 0 bridgehead atoms. The third-order valence-electron chi connectivity index (χ3n) is 4.05. The zero-order valence-corrected chi connectivity index (χ0v) is 15.3. The van der Waals surface area contributed by atoms with Crippen molar-refractivity contribution in [1.82, 2.24) is 0 Å². The first-order valence-corrected chi connectivity index (χ1v) is 9.82. The normalized spacial score (nSPS) is 11.9. The largest absolute Gasteiger partial charge is 0.506 e. The van der Waals surface area contributed by atoms with Crippen LogP contribution in [0.3, 0.4) is 0 Å². The summed E-state index contributed by atoms with van der Waals surface area (Å²) >= 11 is 0. The first-order valence-electron chi connectivity index (χ1n) is 8.17. The van der Waals surface area contributed by atoms with Gasteiger partial charge < -0.3 is 15.3 Å². The minimum absolute atomic E-state index is 0.0590. The van der Waals surface area contributed by atoms with Crippen molar-refractivity contribution in [2.75, 3.05) is 12.4 Å². The van der Waals surface area contributed by atoms with Gasteiger partial charge in [-0.05, 0) is 30.3 Å². The van der Waals surface area contributed by atoms with Gasteiger partial charge in [0.05, 0.1) is 28.6 Å². The maximum atomic E-state index is 11.9. The molecule has 0 saturated carbocycles. The molecule has 0 amide bonds. The van der Waals surface area contributed by atoms with Gasteiger partial charge in [0.15, 0.2) is 9.84 Å². The molecule has 9 heteroatoms. The summed E-state index contributed by atoms with van der Waals surface area (Å²) in [6.45, 7) is -0.469. The van der Waals surface area contributed by atoms with Gasteiger partial charge in [0.2, 0.25) is 0 Å². The standard InChI is InChI=1S/C19H16N2O6S/c22-9-10-28(26,27)13-7-5-12(6-8-13)20-21-17-11-16(19(24)25)18(23)15-4-2-1-3-14(15)17/h1-8,11,22-23H,9-10H2,(H,24,25). The molecule has 8 nitrogen and oxygen atoms in total. The van der Waals surface area contributed by atoms with Gasteiger partial charge in [-0.1, -0.05) is 24.3 Å². The second-order valence-corrected chi connectivity index (χ2v) is 7.99. The monoisotopic (exact) mass is 400 g/mol. The van der Waals surface area contributed by atoms with Crippen molar-refractivity contribution >= 4 is 38.0 Å². The minimum atomic E-state index is -3.56. The average Bonchev–Trinajstić information content (AvgIpc) is 2.67. The summed E-state index contributed by atoms with van der Waals surface area (Å²) in [5, 5.41) is 37.2. The number of phenols is 1. The summed E-state index contributed by atoms with van der Waals surface area (Å²) in [6.07, 6.45) is 0. The fraction of sp³-hybridized carbons (Fsp3) is 0.105. The fourth-order valence-corrected chi connectivity index (χ4v) is 3.68. The number of carboxylic acid groups (broad SMARTS) is 1. The number of aromatic carboxylic acids is 1. The van der Waals surface area contributed by atoms with E-state index in [0.29, 0.717) is 16.5 Å².